The summed E-state index contributed by atoms with van der Waals surface area (Å²) < 4.78 is 0. The molecular weight excluding hydrogens is 310 g/mol. The number of nitrogens with zero attached hydrogens (tertiary/aromatic N) is 2. The van der Waals surface area contributed by atoms with Gasteiger partial charge in [-0.2, -0.15) is 0 Å². The maximum Gasteiger partial charge on any atom is 0.234 e. The molecule has 1 amide bonds. The molecule has 2 fully saturated rings. The highest BCUT2D eigenvalue weighted by Crippen LogP contribution is 2.29. The Balaban J connectivity index is 1.46. The Hall–Kier alpha value is -1.55. The fourth-order valence-corrected chi connectivity index (χ4v) is 4.31. The molecule has 25 heavy (non-hydrogen) atoms. The lowest BCUT2D eigenvalue weighted by Crippen LogP contribution is -2.52. The molecule has 1 aromatic rings. The van der Waals surface area contributed by atoms with Crippen molar-refractivity contribution in [3.8, 4) is 0 Å². The van der Waals surface area contributed by atoms with Crippen LogP contribution in [0.2, 0.25) is 0 Å². The van der Waals surface area contributed by atoms with Crippen molar-refractivity contribution < 1.29 is 4.79 Å². The molecule has 2 aliphatic rings. The van der Waals surface area contributed by atoms with Crippen molar-refractivity contribution in [3.05, 3.63) is 29.8 Å². The van der Waals surface area contributed by atoms with Crippen LogP contribution < -0.4 is 10.2 Å². The summed E-state index contributed by atoms with van der Waals surface area (Å²) >= 11 is 0. The zero-order valence-corrected chi connectivity index (χ0v) is 16.0. The molecule has 0 unspecified atom stereocenters. The normalized spacial score (nSPS) is 28.0. The molecule has 0 bridgehead atoms. The largest absolute Gasteiger partial charge is 0.369 e. The third-order valence-electron chi connectivity index (χ3n) is 6.25. The average molecular weight is 344 g/mol. The Kier molecular flexibility index (Phi) is 6.00. The van der Waals surface area contributed by atoms with E-state index >= 15 is 0 Å². The standard InChI is InChI=1S/C21H33N3O/c1-16-8-6-9-19(18(16)3)22-21(25)15-23-11-13-24(14-12-23)20-10-5-4-7-17(20)2/h4-5,7,10,16,18-19H,6,8-9,11-15H2,1-3H3,(H,22,25)/t16-,18+,19-/m1/s1. The first kappa shape index (κ1) is 18.2. The Morgan fingerprint density at radius 2 is 1.84 bits per heavy atom. The van der Waals surface area contributed by atoms with Gasteiger partial charge in [-0.3, -0.25) is 9.69 Å². The Bertz CT molecular complexity index is 580. The van der Waals surface area contributed by atoms with Gasteiger partial charge in [-0.1, -0.05) is 44.9 Å². The van der Waals surface area contributed by atoms with E-state index in [0.717, 1.165) is 38.5 Å². The molecule has 1 heterocycles. The molecule has 0 spiro atoms. The molecule has 1 aromatic carbocycles. The summed E-state index contributed by atoms with van der Waals surface area (Å²) in [6.07, 6.45) is 3.68. The van der Waals surface area contributed by atoms with E-state index < -0.39 is 0 Å². The number of hydrogen-bond donors (Lipinski definition) is 1. The smallest absolute Gasteiger partial charge is 0.234 e. The van der Waals surface area contributed by atoms with E-state index in [-0.39, 0.29) is 5.91 Å². The monoisotopic (exact) mass is 343 g/mol. The van der Waals surface area contributed by atoms with Crippen LogP contribution in [0.15, 0.2) is 24.3 Å². The molecule has 3 atom stereocenters. The lowest BCUT2D eigenvalue weighted by Gasteiger charge is -2.38. The van der Waals surface area contributed by atoms with Gasteiger partial charge in [0, 0.05) is 37.9 Å². The molecule has 1 aliphatic carbocycles. The van der Waals surface area contributed by atoms with Gasteiger partial charge in [0.2, 0.25) is 5.91 Å². The zero-order valence-electron chi connectivity index (χ0n) is 16.0. The minimum Gasteiger partial charge on any atom is -0.369 e. The van der Waals surface area contributed by atoms with Crippen LogP contribution in [0.5, 0.6) is 0 Å². The van der Waals surface area contributed by atoms with Crippen LogP contribution in [0.4, 0.5) is 5.69 Å². The van der Waals surface area contributed by atoms with Crippen molar-refractivity contribution in [1.82, 2.24) is 10.2 Å². The topological polar surface area (TPSA) is 35.6 Å². The number of piperazine rings is 1. The molecule has 1 saturated carbocycles. The van der Waals surface area contributed by atoms with Crippen molar-refractivity contribution in [2.75, 3.05) is 37.6 Å². The van der Waals surface area contributed by atoms with E-state index in [9.17, 15) is 4.79 Å². The third-order valence-corrected chi connectivity index (χ3v) is 6.25. The van der Waals surface area contributed by atoms with Gasteiger partial charge in [0.25, 0.3) is 0 Å². The lowest BCUT2D eigenvalue weighted by molar-refractivity contribution is -0.123. The van der Waals surface area contributed by atoms with Gasteiger partial charge in [-0.15, -0.1) is 0 Å². The van der Waals surface area contributed by atoms with Crippen LogP contribution in [0.3, 0.4) is 0 Å². The SMILES string of the molecule is Cc1ccccc1N1CCN(CC(=O)N[C@@H]2CCC[C@@H](C)[C@@H]2C)CC1. The Morgan fingerprint density at radius 3 is 2.56 bits per heavy atom. The number of anilines is 1. The van der Waals surface area contributed by atoms with Crippen LogP contribution in [0, 0.1) is 18.8 Å². The maximum atomic E-state index is 12.5. The number of rotatable bonds is 4. The molecule has 1 N–H and O–H groups in total. The molecule has 138 valence electrons. The number of carbonyl (C=O) groups excluding carboxylic acids is 1. The van der Waals surface area contributed by atoms with Crippen LogP contribution in [-0.4, -0.2) is 49.6 Å². The summed E-state index contributed by atoms with van der Waals surface area (Å²) in [7, 11) is 0. The number of benzene rings is 1. The average Bonchev–Trinajstić information content (AvgIpc) is 2.60. The van der Waals surface area contributed by atoms with E-state index in [2.05, 4.69) is 60.2 Å². The molecule has 0 aromatic heterocycles. The van der Waals surface area contributed by atoms with Crippen LogP contribution in [-0.2, 0) is 4.79 Å². The number of carbonyl (C=O) groups is 1. The predicted molar refractivity (Wildman–Crippen MR) is 104 cm³/mol. The minimum absolute atomic E-state index is 0.204. The number of nitrogens with one attached hydrogen (secondary N) is 1. The van der Waals surface area contributed by atoms with Crippen molar-refractivity contribution >= 4 is 11.6 Å². The molecule has 1 saturated heterocycles. The van der Waals surface area contributed by atoms with E-state index in [1.165, 1.54) is 24.1 Å². The highest BCUT2D eigenvalue weighted by Gasteiger charge is 2.29. The maximum absolute atomic E-state index is 12.5. The highest BCUT2D eigenvalue weighted by molar-refractivity contribution is 5.78. The van der Waals surface area contributed by atoms with Crippen LogP contribution in [0.1, 0.15) is 38.7 Å². The second kappa shape index (κ2) is 8.22. The predicted octanol–water partition coefficient (Wildman–Crippen LogP) is 3.06. The van der Waals surface area contributed by atoms with Crippen molar-refractivity contribution in [2.24, 2.45) is 11.8 Å². The first-order valence-corrected chi connectivity index (χ1v) is 9.87. The molecule has 1 aliphatic heterocycles. The number of hydrogen-bond acceptors (Lipinski definition) is 3. The van der Waals surface area contributed by atoms with Gasteiger partial charge in [0.05, 0.1) is 6.54 Å². The fraction of sp³-hybridized carbons (Fsp3) is 0.667. The van der Waals surface area contributed by atoms with Crippen molar-refractivity contribution in [3.63, 3.8) is 0 Å². The van der Waals surface area contributed by atoms with Crippen LogP contribution in [0.25, 0.3) is 0 Å². The summed E-state index contributed by atoms with van der Waals surface area (Å²) in [4.78, 5) is 17.2. The summed E-state index contributed by atoms with van der Waals surface area (Å²) in [6, 6.07) is 8.93. The number of para-hydroxylation sites is 1. The molecule has 0 radical (unpaired) electrons. The molecule has 4 heteroatoms. The second-order valence-corrected chi connectivity index (χ2v) is 7.99. The van der Waals surface area contributed by atoms with Crippen molar-refractivity contribution in [2.45, 2.75) is 46.1 Å². The molecular formula is C21H33N3O. The molecule has 3 rings (SSSR count). The summed E-state index contributed by atoms with van der Waals surface area (Å²) in [5.41, 5.74) is 2.66. The van der Waals surface area contributed by atoms with Gasteiger partial charge in [0.1, 0.15) is 0 Å². The van der Waals surface area contributed by atoms with Gasteiger partial charge < -0.3 is 10.2 Å². The summed E-state index contributed by atoms with van der Waals surface area (Å²) in [5.74, 6) is 1.52. The Morgan fingerprint density at radius 1 is 1.12 bits per heavy atom. The van der Waals surface area contributed by atoms with Gasteiger partial charge in [0.15, 0.2) is 0 Å². The quantitative estimate of drug-likeness (QED) is 0.913. The summed E-state index contributed by atoms with van der Waals surface area (Å²) in [6.45, 7) is 11.2. The first-order valence-electron chi connectivity index (χ1n) is 9.87. The first-order chi connectivity index (χ1) is 12.0. The third kappa shape index (κ3) is 4.55. The fourth-order valence-electron chi connectivity index (χ4n) is 4.31. The number of amides is 1. The van der Waals surface area contributed by atoms with Crippen LogP contribution >= 0.6 is 0 Å². The van der Waals surface area contributed by atoms with E-state index in [4.69, 9.17) is 0 Å². The van der Waals surface area contributed by atoms with Gasteiger partial charge in [-0.25, -0.2) is 0 Å². The summed E-state index contributed by atoms with van der Waals surface area (Å²) in [5, 5.41) is 3.30. The van der Waals surface area contributed by atoms with E-state index in [1.807, 2.05) is 0 Å². The zero-order chi connectivity index (χ0) is 17.8. The highest BCUT2D eigenvalue weighted by atomic mass is 16.2. The van der Waals surface area contributed by atoms with Gasteiger partial charge in [-0.05, 0) is 36.8 Å². The van der Waals surface area contributed by atoms with Crippen molar-refractivity contribution in [1.29, 1.82) is 0 Å². The molecule has 4 nitrogen and oxygen atoms in total. The minimum atomic E-state index is 0.204. The van der Waals surface area contributed by atoms with Gasteiger partial charge >= 0.3 is 0 Å². The second-order valence-electron chi connectivity index (χ2n) is 7.99. The lowest BCUT2D eigenvalue weighted by atomic mass is 9.78. The Labute approximate surface area is 152 Å². The van der Waals surface area contributed by atoms with E-state index in [0.29, 0.717) is 18.5 Å². The van der Waals surface area contributed by atoms with E-state index in [1.54, 1.807) is 0 Å². The number of aryl methyl sites for hydroxylation is 1.